The van der Waals surface area contributed by atoms with Gasteiger partial charge in [0.05, 0.1) is 16.7 Å². The molecule has 0 amide bonds. The van der Waals surface area contributed by atoms with E-state index in [1.54, 1.807) is 0 Å². The molecule has 0 saturated heterocycles. The van der Waals surface area contributed by atoms with Gasteiger partial charge >= 0.3 is 0 Å². The summed E-state index contributed by atoms with van der Waals surface area (Å²) in [7, 11) is 0. The smallest absolute Gasteiger partial charge is 0.194 e. The van der Waals surface area contributed by atoms with E-state index in [1.807, 2.05) is 32.0 Å². The lowest BCUT2D eigenvalue weighted by Crippen LogP contribution is -2.26. The second-order valence-electron chi connectivity index (χ2n) is 8.94. The van der Waals surface area contributed by atoms with Crippen molar-refractivity contribution in [2.75, 3.05) is 0 Å². The van der Waals surface area contributed by atoms with Crippen molar-refractivity contribution in [2.24, 2.45) is 0 Å². The first kappa shape index (κ1) is 19.1. The van der Waals surface area contributed by atoms with Crippen LogP contribution in [-0.4, -0.2) is 10.4 Å². The number of benzene rings is 4. The first-order chi connectivity index (χ1) is 15.6. The van der Waals surface area contributed by atoms with Crippen molar-refractivity contribution in [2.45, 2.75) is 33.1 Å². The van der Waals surface area contributed by atoms with E-state index in [2.05, 4.69) is 79.1 Å². The van der Waals surface area contributed by atoms with Crippen LogP contribution in [0.3, 0.4) is 0 Å². The van der Waals surface area contributed by atoms with Crippen molar-refractivity contribution in [1.29, 1.82) is 0 Å². The summed E-state index contributed by atoms with van der Waals surface area (Å²) in [5, 5.41) is 2.25. The Morgan fingerprint density at radius 3 is 2.19 bits per heavy atom. The summed E-state index contributed by atoms with van der Waals surface area (Å²) in [6.07, 6.45) is 0. The molecule has 0 spiro atoms. The van der Waals surface area contributed by atoms with Crippen LogP contribution in [0.4, 0.5) is 0 Å². The summed E-state index contributed by atoms with van der Waals surface area (Å²) in [6, 6.07) is 27.5. The highest BCUT2D eigenvalue weighted by Gasteiger charge is 2.37. The first-order valence-electron chi connectivity index (χ1n) is 11.4. The van der Waals surface area contributed by atoms with Gasteiger partial charge in [-0.05, 0) is 34.4 Å². The fraction of sp³-hybridized carbons (Fsp3) is 0.167. The van der Waals surface area contributed by atoms with Crippen molar-refractivity contribution in [1.82, 2.24) is 4.57 Å². The highest BCUT2D eigenvalue weighted by atomic mass is 16.1. The standard InChI is InChI=1S/C28H19NO.C2H6/c1-28(2)20-11-5-6-13-22(20)29-23-15-14-17-16-8-3-4-9-18(16)27(30)25(17)24(23)19-10-7-12-21(28)26(19)29;1-2/h3-15H,1-2H3;1-2H3. The van der Waals surface area contributed by atoms with Crippen molar-refractivity contribution in [3.8, 4) is 16.8 Å². The third-order valence-electron chi connectivity index (χ3n) is 7.13. The second kappa shape index (κ2) is 6.43. The number of ketones is 1. The number of hydrogen-bond acceptors (Lipinski definition) is 1. The molecule has 0 unspecified atom stereocenters. The fourth-order valence-corrected chi connectivity index (χ4v) is 5.76. The molecule has 0 saturated carbocycles. The van der Waals surface area contributed by atoms with Crippen molar-refractivity contribution in [3.05, 3.63) is 101 Å². The van der Waals surface area contributed by atoms with Gasteiger partial charge in [0.2, 0.25) is 0 Å². The summed E-state index contributed by atoms with van der Waals surface area (Å²) in [5.74, 6) is 0.141. The molecule has 1 aliphatic carbocycles. The number of fused-ring (bicyclic) bond motifs is 9. The maximum Gasteiger partial charge on any atom is 0.194 e. The molecule has 1 aliphatic heterocycles. The molecular formula is C30H25NO. The number of para-hydroxylation sites is 2. The molecular weight excluding hydrogens is 390 g/mol. The zero-order valence-corrected chi connectivity index (χ0v) is 18.9. The number of rotatable bonds is 0. The van der Waals surface area contributed by atoms with E-state index < -0.39 is 0 Å². The SMILES string of the molecule is CC.CC1(C)c2ccccc2-n2c3ccc4c(c3c3cccc1c32)C(=O)c1ccccc1-4. The average Bonchev–Trinajstić information content (AvgIpc) is 3.32. The van der Waals surface area contributed by atoms with Crippen LogP contribution in [0.15, 0.2) is 78.9 Å². The summed E-state index contributed by atoms with van der Waals surface area (Å²) in [4.78, 5) is 13.5. The van der Waals surface area contributed by atoms with Crippen LogP contribution in [0, 0.1) is 0 Å². The van der Waals surface area contributed by atoms with E-state index >= 15 is 0 Å². The minimum Gasteiger partial charge on any atom is -0.309 e. The lowest BCUT2D eigenvalue weighted by Gasteiger charge is -2.34. The zero-order valence-electron chi connectivity index (χ0n) is 18.9. The van der Waals surface area contributed by atoms with E-state index in [0.29, 0.717) is 0 Å². The van der Waals surface area contributed by atoms with Crippen molar-refractivity contribution in [3.63, 3.8) is 0 Å². The maximum absolute atomic E-state index is 13.5. The topological polar surface area (TPSA) is 22.0 Å². The van der Waals surface area contributed by atoms with Crippen molar-refractivity contribution >= 4 is 27.6 Å². The van der Waals surface area contributed by atoms with Gasteiger partial charge in [-0.3, -0.25) is 4.79 Å². The monoisotopic (exact) mass is 415 g/mol. The molecule has 156 valence electrons. The molecule has 4 aromatic carbocycles. The van der Waals surface area contributed by atoms with Gasteiger partial charge in [-0.25, -0.2) is 0 Å². The van der Waals surface area contributed by atoms with E-state index in [1.165, 1.54) is 27.7 Å². The Kier molecular flexibility index (Phi) is 3.83. The lowest BCUT2D eigenvalue weighted by molar-refractivity contribution is 0.104. The van der Waals surface area contributed by atoms with Crippen LogP contribution >= 0.6 is 0 Å². The minimum absolute atomic E-state index is 0.101. The lowest BCUT2D eigenvalue weighted by atomic mass is 9.75. The quantitative estimate of drug-likeness (QED) is 0.250. The summed E-state index contributed by atoms with van der Waals surface area (Å²) >= 11 is 0. The van der Waals surface area contributed by atoms with Gasteiger partial charge in [0, 0.05) is 27.3 Å². The molecule has 0 radical (unpaired) electrons. The number of carbonyl (C=O) groups excluding carboxylic acids is 1. The Bertz CT molecular complexity index is 1580. The third kappa shape index (κ3) is 2.12. The van der Waals surface area contributed by atoms with Gasteiger partial charge < -0.3 is 4.57 Å². The molecule has 32 heavy (non-hydrogen) atoms. The molecule has 7 rings (SSSR count). The molecule has 0 atom stereocenters. The van der Waals surface area contributed by atoms with Gasteiger partial charge in [0.15, 0.2) is 5.78 Å². The summed E-state index contributed by atoms with van der Waals surface area (Å²) < 4.78 is 2.37. The largest absolute Gasteiger partial charge is 0.309 e. The van der Waals surface area contributed by atoms with E-state index in [9.17, 15) is 4.79 Å². The molecule has 1 aromatic heterocycles. The van der Waals surface area contributed by atoms with Crippen LogP contribution in [0.2, 0.25) is 0 Å². The van der Waals surface area contributed by atoms with Gasteiger partial charge in [-0.1, -0.05) is 94.4 Å². The van der Waals surface area contributed by atoms with Crippen LogP contribution in [0.5, 0.6) is 0 Å². The van der Waals surface area contributed by atoms with Crippen LogP contribution in [0.25, 0.3) is 38.6 Å². The van der Waals surface area contributed by atoms with Gasteiger partial charge in [-0.2, -0.15) is 0 Å². The maximum atomic E-state index is 13.5. The van der Waals surface area contributed by atoms with Crippen molar-refractivity contribution < 1.29 is 4.79 Å². The molecule has 0 bridgehead atoms. The third-order valence-corrected chi connectivity index (χ3v) is 7.13. The van der Waals surface area contributed by atoms with Crippen LogP contribution < -0.4 is 0 Å². The van der Waals surface area contributed by atoms with E-state index in [0.717, 1.165) is 33.2 Å². The van der Waals surface area contributed by atoms with E-state index in [4.69, 9.17) is 0 Å². The predicted octanol–water partition coefficient (Wildman–Crippen LogP) is 7.66. The number of aromatic nitrogens is 1. The van der Waals surface area contributed by atoms with E-state index in [-0.39, 0.29) is 11.2 Å². The Morgan fingerprint density at radius 2 is 1.38 bits per heavy atom. The minimum atomic E-state index is -0.101. The molecule has 2 heteroatoms. The van der Waals surface area contributed by atoms with Gasteiger partial charge in [0.1, 0.15) is 0 Å². The highest BCUT2D eigenvalue weighted by molar-refractivity contribution is 6.31. The van der Waals surface area contributed by atoms with Crippen LogP contribution in [0.1, 0.15) is 54.7 Å². The first-order valence-corrected chi connectivity index (χ1v) is 11.4. The molecule has 2 aliphatic rings. The molecule has 5 aromatic rings. The Labute approximate surface area is 188 Å². The molecule has 0 N–H and O–H groups in total. The Morgan fingerprint density at radius 1 is 0.688 bits per heavy atom. The normalized spacial score (nSPS) is 14.6. The van der Waals surface area contributed by atoms with Crippen LogP contribution in [-0.2, 0) is 5.41 Å². The molecule has 2 nitrogen and oxygen atoms in total. The number of hydrogen-bond donors (Lipinski definition) is 0. The summed E-state index contributed by atoms with van der Waals surface area (Å²) in [6.45, 7) is 8.60. The van der Waals surface area contributed by atoms with Gasteiger partial charge in [-0.15, -0.1) is 0 Å². The number of nitrogens with zero attached hydrogens (tertiary/aromatic N) is 1. The average molecular weight is 416 g/mol. The second-order valence-corrected chi connectivity index (χ2v) is 8.94. The summed E-state index contributed by atoms with van der Waals surface area (Å²) in [5.41, 5.74) is 9.85. The molecule has 0 fully saturated rings. The zero-order chi connectivity index (χ0) is 22.2. The predicted molar refractivity (Wildman–Crippen MR) is 133 cm³/mol. The Hall–Kier alpha value is -3.65. The van der Waals surface area contributed by atoms with Gasteiger partial charge in [0.25, 0.3) is 0 Å². The fourth-order valence-electron chi connectivity index (χ4n) is 5.76. The molecule has 2 heterocycles. The Balaban J connectivity index is 0.000000953. The highest BCUT2D eigenvalue weighted by Crippen LogP contribution is 2.50. The number of carbonyl (C=O) groups is 1.